The van der Waals surface area contributed by atoms with Crippen molar-refractivity contribution in [2.75, 3.05) is 34.2 Å². The van der Waals surface area contributed by atoms with E-state index in [0.29, 0.717) is 10.9 Å². The summed E-state index contributed by atoms with van der Waals surface area (Å²) < 4.78 is 25.2. The van der Waals surface area contributed by atoms with E-state index in [4.69, 9.17) is 0 Å². The minimum Gasteiger partial charge on any atom is -0.315 e. The van der Waals surface area contributed by atoms with E-state index in [1.54, 1.807) is 26.2 Å². The average molecular weight is 334 g/mol. The van der Waals surface area contributed by atoms with E-state index in [9.17, 15) is 8.42 Å². The first-order chi connectivity index (χ1) is 9.41. The first-order valence-corrected chi connectivity index (χ1v) is 8.27. The first kappa shape index (κ1) is 18.4. The zero-order chi connectivity index (χ0) is 14.8. The lowest BCUT2D eigenvalue weighted by atomic mass is 10.1. The Hall–Kier alpha value is -0.660. The SMILES string of the molecule is CN(Cc1ccc(S(=O)(=O)N(C)C)cc1)C1CCNC1.Cl. The topological polar surface area (TPSA) is 52.7 Å². The molecule has 0 radical (unpaired) electrons. The van der Waals surface area contributed by atoms with E-state index in [2.05, 4.69) is 17.3 Å². The fraction of sp³-hybridized carbons (Fsp3) is 0.571. The maximum absolute atomic E-state index is 12.0. The summed E-state index contributed by atoms with van der Waals surface area (Å²) in [6, 6.07) is 7.74. The number of hydrogen-bond donors (Lipinski definition) is 1. The lowest BCUT2D eigenvalue weighted by molar-refractivity contribution is 0.249. The predicted molar refractivity (Wildman–Crippen MR) is 87.3 cm³/mol. The zero-order valence-electron chi connectivity index (χ0n) is 12.7. The summed E-state index contributed by atoms with van der Waals surface area (Å²) in [5.74, 6) is 0. The van der Waals surface area contributed by atoms with Gasteiger partial charge in [0, 0.05) is 33.2 Å². The molecule has 1 aliphatic rings. The number of nitrogens with zero attached hydrogens (tertiary/aromatic N) is 2. The molecule has 1 saturated heterocycles. The van der Waals surface area contributed by atoms with Gasteiger partial charge in [-0.25, -0.2) is 12.7 Å². The fourth-order valence-corrected chi connectivity index (χ4v) is 3.31. The second kappa shape index (κ2) is 7.56. The highest BCUT2D eigenvalue weighted by Crippen LogP contribution is 2.16. The number of nitrogens with one attached hydrogen (secondary N) is 1. The van der Waals surface area contributed by atoms with Crippen LogP contribution >= 0.6 is 12.4 Å². The molecule has 0 aliphatic carbocycles. The molecule has 1 heterocycles. The Morgan fingerprint density at radius 2 is 1.81 bits per heavy atom. The molecule has 1 atom stereocenters. The van der Waals surface area contributed by atoms with Crippen LogP contribution in [0.5, 0.6) is 0 Å². The van der Waals surface area contributed by atoms with Crippen LogP contribution in [-0.4, -0.2) is 57.9 Å². The molecule has 1 aromatic carbocycles. The van der Waals surface area contributed by atoms with Crippen LogP contribution in [0.4, 0.5) is 0 Å². The summed E-state index contributed by atoms with van der Waals surface area (Å²) in [4.78, 5) is 2.66. The number of hydrogen-bond acceptors (Lipinski definition) is 4. The molecule has 2 rings (SSSR count). The van der Waals surface area contributed by atoms with E-state index in [1.165, 1.54) is 10.7 Å². The van der Waals surface area contributed by atoms with Gasteiger partial charge in [-0.3, -0.25) is 4.90 Å². The van der Waals surface area contributed by atoms with E-state index in [0.717, 1.165) is 25.2 Å². The Balaban J connectivity index is 0.00000220. The molecule has 1 aliphatic heterocycles. The highest BCUT2D eigenvalue weighted by atomic mass is 35.5. The van der Waals surface area contributed by atoms with Crippen molar-refractivity contribution in [2.45, 2.75) is 23.9 Å². The zero-order valence-corrected chi connectivity index (χ0v) is 14.4. The van der Waals surface area contributed by atoms with Crippen LogP contribution in [0.25, 0.3) is 0 Å². The van der Waals surface area contributed by atoms with Gasteiger partial charge in [0.25, 0.3) is 0 Å². The Labute approximate surface area is 133 Å². The number of benzene rings is 1. The van der Waals surface area contributed by atoms with Gasteiger partial charge in [0.2, 0.25) is 10.0 Å². The highest BCUT2D eigenvalue weighted by molar-refractivity contribution is 7.89. The van der Waals surface area contributed by atoms with Gasteiger partial charge in [0.05, 0.1) is 4.90 Å². The van der Waals surface area contributed by atoms with Crippen LogP contribution in [-0.2, 0) is 16.6 Å². The molecular weight excluding hydrogens is 310 g/mol. The number of halogens is 1. The Morgan fingerprint density at radius 1 is 1.19 bits per heavy atom. The van der Waals surface area contributed by atoms with Crippen LogP contribution in [0.1, 0.15) is 12.0 Å². The summed E-state index contributed by atoms with van der Waals surface area (Å²) >= 11 is 0. The first-order valence-electron chi connectivity index (χ1n) is 6.83. The molecule has 1 N–H and O–H groups in total. The molecular formula is C14H24ClN3O2S. The number of rotatable bonds is 5. The Kier molecular flexibility index (Phi) is 6.62. The molecule has 1 fully saturated rings. The van der Waals surface area contributed by atoms with Gasteiger partial charge in [-0.15, -0.1) is 12.4 Å². The van der Waals surface area contributed by atoms with Crippen LogP contribution in [0.3, 0.4) is 0 Å². The van der Waals surface area contributed by atoms with E-state index in [1.807, 2.05) is 12.1 Å². The van der Waals surface area contributed by atoms with Crippen molar-refractivity contribution in [2.24, 2.45) is 0 Å². The monoisotopic (exact) mass is 333 g/mol. The van der Waals surface area contributed by atoms with Gasteiger partial charge >= 0.3 is 0 Å². The number of likely N-dealkylation sites (N-methyl/N-ethyl adjacent to an activating group) is 1. The van der Waals surface area contributed by atoms with Crippen molar-refractivity contribution < 1.29 is 8.42 Å². The van der Waals surface area contributed by atoms with Crippen molar-refractivity contribution >= 4 is 22.4 Å². The van der Waals surface area contributed by atoms with Gasteiger partial charge in [0.1, 0.15) is 0 Å². The molecule has 0 saturated carbocycles. The van der Waals surface area contributed by atoms with Gasteiger partial charge in [0.15, 0.2) is 0 Å². The predicted octanol–water partition coefficient (Wildman–Crippen LogP) is 1.15. The van der Waals surface area contributed by atoms with Crippen molar-refractivity contribution in [1.82, 2.24) is 14.5 Å². The summed E-state index contributed by atoms with van der Waals surface area (Å²) in [6.07, 6.45) is 1.17. The maximum Gasteiger partial charge on any atom is 0.242 e. The Morgan fingerprint density at radius 3 is 2.29 bits per heavy atom. The lowest BCUT2D eigenvalue weighted by Gasteiger charge is -2.23. The van der Waals surface area contributed by atoms with Crippen LogP contribution < -0.4 is 5.32 Å². The normalized spacial score (nSPS) is 19.0. The third kappa shape index (κ3) is 4.40. The minimum atomic E-state index is -3.33. The fourth-order valence-electron chi connectivity index (χ4n) is 2.41. The van der Waals surface area contributed by atoms with Crippen LogP contribution in [0, 0.1) is 0 Å². The quantitative estimate of drug-likeness (QED) is 0.878. The molecule has 120 valence electrons. The molecule has 1 unspecified atom stereocenters. The summed E-state index contributed by atoms with van der Waals surface area (Å²) in [5, 5.41) is 3.35. The van der Waals surface area contributed by atoms with Gasteiger partial charge in [-0.05, 0) is 37.7 Å². The molecule has 0 amide bonds. The second-order valence-electron chi connectivity index (χ2n) is 5.49. The van der Waals surface area contributed by atoms with E-state index >= 15 is 0 Å². The van der Waals surface area contributed by atoms with Gasteiger partial charge < -0.3 is 5.32 Å². The number of sulfonamides is 1. The largest absolute Gasteiger partial charge is 0.315 e. The Bertz CT molecular complexity index is 540. The smallest absolute Gasteiger partial charge is 0.242 e. The highest BCUT2D eigenvalue weighted by Gasteiger charge is 2.20. The molecule has 0 bridgehead atoms. The van der Waals surface area contributed by atoms with Crippen molar-refractivity contribution in [3.63, 3.8) is 0 Å². The molecule has 0 aromatic heterocycles. The second-order valence-corrected chi connectivity index (χ2v) is 7.64. The average Bonchev–Trinajstić information content (AvgIpc) is 2.93. The summed E-state index contributed by atoms with van der Waals surface area (Å²) in [7, 11) is 1.88. The lowest BCUT2D eigenvalue weighted by Crippen LogP contribution is -2.32. The molecule has 0 spiro atoms. The van der Waals surface area contributed by atoms with Gasteiger partial charge in [-0.1, -0.05) is 12.1 Å². The minimum absolute atomic E-state index is 0. The maximum atomic E-state index is 12.0. The standard InChI is InChI=1S/C14H23N3O2S.ClH/c1-16(2)20(18,19)14-6-4-12(5-7-14)11-17(3)13-8-9-15-10-13;/h4-7,13,15H,8-11H2,1-3H3;1H. The molecule has 1 aromatic rings. The van der Waals surface area contributed by atoms with E-state index < -0.39 is 10.0 Å². The van der Waals surface area contributed by atoms with Crippen molar-refractivity contribution in [1.29, 1.82) is 0 Å². The van der Waals surface area contributed by atoms with Gasteiger partial charge in [-0.2, -0.15) is 0 Å². The molecule has 7 heteroatoms. The van der Waals surface area contributed by atoms with Crippen LogP contribution in [0.2, 0.25) is 0 Å². The van der Waals surface area contributed by atoms with Crippen molar-refractivity contribution in [3.8, 4) is 0 Å². The summed E-state index contributed by atoms with van der Waals surface area (Å²) in [6.45, 7) is 2.95. The third-order valence-corrected chi connectivity index (χ3v) is 5.62. The summed E-state index contributed by atoms with van der Waals surface area (Å²) in [5.41, 5.74) is 1.14. The van der Waals surface area contributed by atoms with Crippen molar-refractivity contribution in [3.05, 3.63) is 29.8 Å². The van der Waals surface area contributed by atoms with E-state index in [-0.39, 0.29) is 12.4 Å². The third-order valence-electron chi connectivity index (χ3n) is 3.79. The molecule has 21 heavy (non-hydrogen) atoms. The molecule has 5 nitrogen and oxygen atoms in total. The van der Waals surface area contributed by atoms with Crippen LogP contribution in [0.15, 0.2) is 29.2 Å².